The number of hydrogen-bond donors (Lipinski definition) is 0. The van der Waals surface area contributed by atoms with Crippen LogP contribution in [-0.2, 0) is 16.4 Å². The van der Waals surface area contributed by atoms with Gasteiger partial charge in [0.15, 0.2) is 9.84 Å². The molecule has 1 fully saturated rings. The van der Waals surface area contributed by atoms with Crippen molar-refractivity contribution in [2.75, 3.05) is 37.3 Å². The smallest absolute Gasteiger partial charge is 0.175 e. The first kappa shape index (κ1) is 18.0. The first-order valence-corrected chi connectivity index (χ1v) is 10.6. The van der Waals surface area contributed by atoms with Crippen LogP contribution in [0.3, 0.4) is 0 Å². The van der Waals surface area contributed by atoms with Gasteiger partial charge in [-0.2, -0.15) is 0 Å². The first-order valence-electron chi connectivity index (χ1n) is 8.66. The van der Waals surface area contributed by atoms with E-state index < -0.39 is 9.84 Å². The van der Waals surface area contributed by atoms with Crippen LogP contribution >= 0.6 is 0 Å². The van der Waals surface area contributed by atoms with E-state index in [0.29, 0.717) is 4.90 Å². The Bertz CT molecular complexity index is 836. The minimum atomic E-state index is -3.12. The molecule has 0 amide bonds. The summed E-state index contributed by atoms with van der Waals surface area (Å²) in [5, 5.41) is 0. The minimum absolute atomic E-state index is 0.385. The number of sulfone groups is 1. The Kier molecular flexibility index (Phi) is 5.16. The lowest BCUT2D eigenvalue weighted by Crippen LogP contribution is -2.46. The maximum atomic E-state index is 11.5. The number of anilines is 1. The summed E-state index contributed by atoms with van der Waals surface area (Å²) < 4.78 is 23.1. The maximum absolute atomic E-state index is 11.5. The third kappa shape index (κ3) is 4.41. The Morgan fingerprint density at radius 2 is 1.56 bits per heavy atom. The van der Waals surface area contributed by atoms with Gasteiger partial charge in [-0.1, -0.05) is 29.8 Å². The zero-order valence-corrected chi connectivity index (χ0v) is 16.0. The summed E-state index contributed by atoms with van der Waals surface area (Å²) in [5.41, 5.74) is 5.14. The second kappa shape index (κ2) is 7.18. The highest BCUT2D eigenvalue weighted by molar-refractivity contribution is 7.90. The van der Waals surface area contributed by atoms with Gasteiger partial charge >= 0.3 is 0 Å². The molecule has 4 nitrogen and oxygen atoms in total. The zero-order chi connectivity index (χ0) is 18.0. The van der Waals surface area contributed by atoms with Crippen LogP contribution in [0.15, 0.2) is 47.4 Å². The monoisotopic (exact) mass is 358 g/mol. The number of benzene rings is 2. The van der Waals surface area contributed by atoms with Crippen molar-refractivity contribution in [1.82, 2.24) is 4.90 Å². The number of hydrogen-bond acceptors (Lipinski definition) is 4. The highest BCUT2D eigenvalue weighted by atomic mass is 32.2. The molecule has 5 heteroatoms. The van der Waals surface area contributed by atoms with Crippen LogP contribution in [0.25, 0.3) is 0 Å². The third-order valence-electron chi connectivity index (χ3n) is 4.82. The molecule has 25 heavy (non-hydrogen) atoms. The number of nitrogens with zero attached hydrogens (tertiary/aromatic N) is 2. The molecule has 0 bridgehead atoms. The van der Waals surface area contributed by atoms with Crippen molar-refractivity contribution in [2.45, 2.75) is 25.3 Å². The van der Waals surface area contributed by atoms with E-state index in [1.54, 1.807) is 12.1 Å². The molecular weight excluding hydrogens is 332 g/mol. The predicted molar refractivity (Wildman–Crippen MR) is 103 cm³/mol. The van der Waals surface area contributed by atoms with Crippen LogP contribution in [0.5, 0.6) is 0 Å². The van der Waals surface area contributed by atoms with E-state index in [4.69, 9.17) is 0 Å². The molecule has 1 aliphatic heterocycles. The van der Waals surface area contributed by atoms with Gasteiger partial charge in [0, 0.05) is 44.7 Å². The minimum Gasteiger partial charge on any atom is -0.369 e. The lowest BCUT2D eigenvalue weighted by Gasteiger charge is -2.37. The van der Waals surface area contributed by atoms with Crippen molar-refractivity contribution in [2.24, 2.45) is 0 Å². The second-order valence-electron chi connectivity index (χ2n) is 6.97. The second-order valence-corrected chi connectivity index (χ2v) is 8.98. The molecule has 0 saturated carbocycles. The Hall–Kier alpha value is -1.85. The summed E-state index contributed by atoms with van der Waals surface area (Å²) in [6, 6.07) is 13.9. The highest BCUT2D eigenvalue weighted by Gasteiger charge is 2.18. The van der Waals surface area contributed by atoms with Crippen LogP contribution in [0, 0.1) is 13.8 Å². The van der Waals surface area contributed by atoms with E-state index in [1.165, 1.54) is 23.1 Å². The average Bonchev–Trinajstić information content (AvgIpc) is 2.56. The van der Waals surface area contributed by atoms with Gasteiger partial charge in [-0.25, -0.2) is 8.42 Å². The fourth-order valence-electron chi connectivity index (χ4n) is 3.41. The number of aryl methyl sites for hydroxylation is 2. The van der Waals surface area contributed by atoms with E-state index >= 15 is 0 Å². The van der Waals surface area contributed by atoms with E-state index in [9.17, 15) is 8.42 Å². The Balaban J connectivity index is 1.59. The summed E-state index contributed by atoms with van der Waals surface area (Å²) in [4.78, 5) is 5.27. The van der Waals surface area contributed by atoms with Crippen molar-refractivity contribution in [3.8, 4) is 0 Å². The van der Waals surface area contributed by atoms with Gasteiger partial charge in [0.05, 0.1) is 4.90 Å². The molecule has 0 radical (unpaired) electrons. The van der Waals surface area contributed by atoms with Crippen molar-refractivity contribution < 1.29 is 8.42 Å². The van der Waals surface area contributed by atoms with E-state index in [0.717, 1.165) is 38.3 Å². The maximum Gasteiger partial charge on any atom is 0.175 e. The van der Waals surface area contributed by atoms with E-state index in [1.807, 2.05) is 12.1 Å². The quantitative estimate of drug-likeness (QED) is 0.842. The molecule has 2 aromatic carbocycles. The van der Waals surface area contributed by atoms with Crippen molar-refractivity contribution in [3.63, 3.8) is 0 Å². The number of rotatable bonds is 4. The fourth-order valence-corrected chi connectivity index (χ4v) is 4.04. The Labute approximate surface area is 151 Å². The lowest BCUT2D eigenvalue weighted by molar-refractivity contribution is 0.250. The molecule has 0 aromatic heterocycles. The SMILES string of the molecule is Cc1ccc(N2CCN(Cc3ccc(S(C)(=O)=O)cc3)CC2)c(C)c1. The topological polar surface area (TPSA) is 40.6 Å². The predicted octanol–water partition coefficient (Wildman–Crippen LogP) is 3.03. The molecule has 134 valence electrons. The molecule has 0 atom stereocenters. The molecule has 0 spiro atoms. The van der Waals surface area contributed by atoms with Gasteiger partial charge in [-0.3, -0.25) is 4.90 Å². The standard InChI is InChI=1S/C20H26N2O2S/c1-16-4-9-20(17(2)14-16)22-12-10-21(11-13-22)15-18-5-7-19(8-6-18)25(3,23)24/h4-9,14H,10-13,15H2,1-3H3. The molecular formula is C20H26N2O2S. The third-order valence-corrected chi connectivity index (χ3v) is 5.95. The Morgan fingerprint density at radius 1 is 0.920 bits per heavy atom. The van der Waals surface area contributed by atoms with Crippen LogP contribution in [-0.4, -0.2) is 45.8 Å². The summed E-state index contributed by atoms with van der Waals surface area (Å²) in [6.07, 6.45) is 1.24. The normalized spacial score (nSPS) is 16.2. The molecule has 0 N–H and O–H groups in total. The van der Waals surface area contributed by atoms with Gasteiger partial charge in [0.1, 0.15) is 0 Å². The molecule has 0 unspecified atom stereocenters. The van der Waals surface area contributed by atoms with Gasteiger partial charge in [-0.15, -0.1) is 0 Å². The largest absolute Gasteiger partial charge is 0.369 e. The molecule has 3 rings (SSSR count). The summed E-state index contributed by atoms with van der Waals surface area (Å²) >= 11 is 0. The molecule has 1 saturated heterocycles. The highest BCUT2D eigenvalue weighted by Crippen LogP contribution is 2.23. The van der Waals surface area contributed by atoms with E-state index in [-0.39, 0.29) is 0 Å². The van der Waals surface area contributed by atoms with Gasteiger partial charge in [0.2, 0.25) is 0 Å². The van der Waals surface area contributed by atoms with Crippen LogP contribution in [0.2, 0.25) is 0 Å². The van der Waals surface area contributed by atoms with Crippen molar-refractivity contribution >= 4 is 15.5 Å². The van der Waals surface area contributed by atoms with Crippen molar-refractivity contribution in [3.05, 3.63) is 59.2 Å². The van der Waals surface area contributed by atoms with Crippen LogP contribution in [0.4, 0.5) is 5.69 Å². The van der Waals surface area contributed by atoms with E-state index in [2.05, 4.69) is 41.8 Å². The molecule has 0 aliphatic carbocycles. The summed E-state index contributed by atoms with van der Waals surface area (Å²) in [5.74, 6) is 0. The van der Waals surface area contributed by atoms with Crippen molar-refractivity contribution in [1.29, 1.82) is 0 Å². The zero-order valence-electron chi connectivity index (χ0n) is 15.2. The molecule has 2 aromatic rings. The summed E-state index contributed by atoms with van der Waals surface area (Å²) in [7, 11) is -3.12. The van der Waals surface area contributed by atoms with Crippen LogP contribution < -0.4 is 4.90 Å². The molecule has 1 heterocycles. The first-order chi connectivity index (χ1) is 11.8. The summed E-state index contributed by atoms with van der Waals surface area (Å²) in [6.45, 7) is 9.24. The van der Waals surface area contributed by atoms with Gasteiger partial charge in [0.25, 0.3) is 0 Å². The molecule has 1 aliphatic rings. The lowest BCUT2D eigenvalue weighted by atomic mass is 10.1. The van der Waals surface area contributed by atoms with Gasteiger partial charge in [-0.05, 0) is 43.2 Å². The average molecular weight is 359 g/mol. The van der Waals surface area contributed by atoms with Gasteiger partial charge < -0.3 is 4.90 Å². The van der Waals surface area contributed by atoms with Crippen LogP contribution in [0.1, 0.15) is 16.7 Å². The Morgan fingerprint density at radius 3 is 2.12 bits per heavy atom. The fraction of sp³-hybridized carbons (Fsp3) is 0.400. The number of piperazine rings is 1.